The molecule has 0 aliphatic rings. The van der Waals surface area contributed by atoms with Crippen molar-refractivity contribution in [2.45, 2.75) is 24.3 Å². The summed E-state index contributed by atoms with van der Waals surface area (Å²) in [5, 5.41) is 13.9. The van der Waals surface area contributed by atoms with Gasteiger partial charge in [-0.3, -0.25) is 19.5 Å². The van der Waals surface area contributed by atoms with Gasteiger partial charge in [0.25, 0.3) is 5.69 Å². The summed E-state index contributed by atoms with van der Waals surface area (Å²) in [6, 6.07) is 19.9. The number of rotatable bonds is 6. The Hall–Kier alpha value is -3.36. The van der Waals surface area contributed by atoms with Gasteiger partial charge < -0.3 is 5.32 Å². The number of nitrogens with one attached hydrogen (secondary N) is 1. The van der Waals surface area contributed by atoms with Crippen LogP contribution in [0.1, 0.15) is 12.5 Å². The predicted octanol–water partition coefficient (Wildman–Crippen LogP) is 6.01. The van der Waals surface area contributed by atoms with E-state index >= 15 is 0 Å². The summed E-state index contributed by atoms with van der Waals surface area (Å²) in [5.41, 5.74) is 4.08. The van der Waals surface area contributed by atoms with Gasteiger partial charge in [-0.05, 0) is 44.2 Å². The number of carbonyl (C=O) groups excluding carboxylic acids is 1. The maximum Gasteiger partial charge on any atom is 0.271 e. The molecule has 0 fully saturated rings. The lowest BCUT2D eigenvalue weighted by Gasteiger charge is -2.14. The first kappa shape index (κ1) is 21.9. The molecule has 1 amide bonds. The van der Waals surface area contributed by atoms with Gasteiger partial charge in [-0.1, -0.05) is 53.2 Å². The highest BCUT2D eigenvalue weighted by Crippen LogP contribution is 2.32. The molecule has 4 rings (SSSR count). The zero-order valence-electron chi connectivity index (χ0n) is 17.3. The number of anilines is 1. The number of amides is 1. The number of imidazole rings is 1. The Morgan fingerprint density at radius 2 is 1.88 bits per heavy atom. The van der Waals surface area contributed by atoms with E-state index in [1.54, 1.807) is 6.92 Å². The Bertz CT molecular complexity index is 1320. The summed E-state index contributed by atoms with van der Waals surface area (Å²) in [6.07, 6.45) is 0. The Morgan fingerprint density at radius 3 is 2.56 bits per heavy atom. The number of aryl methyl sites for hydroxylation is 1. The van der Waals surface area contributed by atoms with Gasteiger partial charge in [0.2, 0.25) is 5.91 Å². The van der Waals surface area contributed by atoms with Crippen molar-refractivity contribution in [3.05, 3.63) is 87.4 Å². The Labute approximate surface area is 193 Å². The largest absolute Gasteiger partial charge is 0.324 e. The maximum absolute atomic E-state index is 12.8. The van der Waals surface area contributed by atoms with E-state index in [4.69, 9.17) is 16.6 Å². The number of hydrogen-bond acceptors (Lipinski definition) is 5. The topological polar surface area (TPSA) is 90.1 Å². The number of hydrogen-bond donors (Lipinski definition) is 1. The molecule has 162 valence electrons. The standard InChI is InChI=1S/C23H19ClN4O3S/c1-14-7-9-16(10-8-14)27-21-6-4-3-5-20(21)26-23(27)32-15(2)22(29)25-19-12-11-17(28(30)31)13-18(19)24/h3-13,15H,1-2H3,(H,25,29). The fourth-order valence-electron chi connectivity index (χ4n) is 3.19. The zero-order chi connectivity index (χ0) is 22.8. The lowest BCUT2D eigenvalue weighted by atomic mass is 10.2. The predicted molar refractivity (Wildman–Crippen MR) is 128 cm³/mol. The first-order valence-corrected chi connectivity index (χ1v) is 11.1. The number of non-ortho nitro benzene ring substituents is 1. The van der Waals surface area contributed by atoms with Crippen LogP contribution in [0.3, 0.4) is 0 Å². The van der Waals surface area contributed by atoms with E-state index in [9.17, 15) is 14.9 Å². The summed E-state index contributed by atoms with van der Waals surface area (Å²) >= 11 is 7.44. The molecule has 0 bridgehead atoms. The molecule has 0 aliphatic carbocycles. The van der Waals surface area contributed by atoms with Crippen LogP contribution in [-0.2, 0) is 4.79 Å². The minimum Gasteiger partial charge on any atom is -0.324 e. The fraction of sp³-hybridized carbons (Fsp3) is 0.130. The van der Waals surface area contributed by atoms with Crippen molar-refractivity contribution >= 4 is 51.7 Å². The Morgan fingerprint density at radius 1 is 1.16 bits per heavy atom. The number of nitrogens with zero attached hydrogens (tertiary/aromatic N) is 3. The molecule has 0 aliphatic heterocycles. The third-order valence-electron chi connectivity index (χ3n) is 4.89. The first-order chi connectivity index (χ1) is 15.3. The second-order valence-electron chi connectivity index (χ2n) is 7.22. The normalized spacial score (nSPS) is 12.0. The third-order valence-corrected chi connectivity index (χ3v) is 6.26. The van der Waals surface area contributed by atoms with Gasteiger partial charge >= 0.3 is 0 Å². The molecule has 1 aromatic heterocycles. The van der Waals surface area contributed by atoms with Gasteiger partial charge in [0, 0.05) is 17.8 Å². The van der Waals surface area contributed by atoms with Crippen molar-refractivity contribution in [1.29, 1.82) is 0 Å². The fourth-order valence-corrected chi connectivity index (χ4v) is 4.36. The van der Waals surface area contributed by atoms with Crippen molar-refractivity contribution in [2.24, 2.45) is 0 Å². The van der Waals surface area contributed by atoms with Crippen LogP contribution in [0, 0.1) is 17.0 Å². The van der Waals surface area contributed by atoms with Crippen LogP contribution in [0.15, 0.2) is 71.9 Å². The smallest absolute Gasteiger partial charge is 0.271 e. The maximum atomic E-state index is 12.8. The molecular weight excluding hydrogens is 448 g/mol. The number of nitro groups is 1. The second-order valence-corrected chi connectivity index (χ2v) is 8.94. The summed E-state index contributed by atoms with van der Waals surface area (Å²) in [4.78, 5) is 27.9. The number of halogens is 1. The summed E-state index contributed by atoms with van der Waals surface area (Å²) in [6.45, 7) is 3.80. The van der Waals surface area contributed by atoms with Crippen molar-refractivity contribution in [2.75, 3.05) is 5.32 Å². The lowest BCUT2D eigenvalue weighted by molar-refractivity contribution is -0.384. The molecule has 4 aromatic rings. The highest BCUT2D eigenvalue weighted by molar-refractivity contribution is 8.00. The van der Waals surface area contributed by atoms with Crippen LogP contribution in [0.4, 0.5) is 11.4 Å². The van der Waals surface area contributed by atoms with Crippen LogP contribution in [-0.4, -0.2) is 25.6 Å². The van der Waals surface area contributed by atoms with Crippen LogP contribution >= 0.6 is 23.4 Å². The molecule has 0 radical (unpaired) electrons. The average Bonchev–Trinajstić information content (AvgIpc) is 3.13. The van der Waals surface area contributed by atoms with E-state index in [0.717, 1.165) is 22.3 Å². The van der Waals surface area contributed by atoms with Crippen LogP contribution in [0.2, 0.25) is 5.02 Å². The Balaban J connectivity index is 1.60. The molecule has 1 unspecified atom stereocenters. The van der Waals surface area contributed by atoms with Gasteiger partial charge in [-0.25, -0.2) is 4.98 Å². The molecule has 3 aromatic carbocycles. The van der Waals surface area contributed by atoms with Gasteiger partial charge in [0.1, 0.15) is 0 Å². The summed E-state index contributed by atoms with van der Waals surface area (Å²) < 4.78 is 2.03. The Kier molecular flexibility index (Phi) is 6.16. The van der Waals surface area contributed by atoms with Crippen LogP contribution < -0.4 is 5.32 Å². The highest BCUT2D eigenvalue weighted by Gasteiger charge is 2.21. The number of fused-ring (bicyclic) bond motifs is 1. The number of benzene rings is 3. The van der Waals surface area contributed by atoms with E-state index in [2.05, 4.69) is 5.32 Å². The van der Waals surface area contributed by atoms with E-state index in [-0.39, 0.29) is 16.6 Å². The highest BCUT2D eigenvalue weighted by atomic mass is 35.5. The van der Waals surface area contributed by atoms with Gasteiger partial charge in [0.15, 0.2) is 5.16 Å². The number of thioether (sulfide) groups is 1. The molecule has 0 saturated carbocycles. The quantitative estimate of drug-likeness (QED) is 0.213. The number of para-hydroxylation sites is 2. The zero-order valence-corrected chi connectivity index (χ0v) is 18.9. The lowest BCUT2D eigenvalue weighted by Crippen LogP contribution is -2.23. The van der Waals surface area contributed by atoms with E-state index in [0.29, 0.717) is 10.8 Å². The minimum atomic E-state index is -0.536. The summed E-state index contributed by atoms with van der Waals surface area (Å²) in [5.74, 6) is -0.284. The molecule has 7 nitrogen and oxygen atoms in total. The van der Waals surface area contributed by atoms with Crippen molar-refractivity contribution in [1.82, 2.24) is 9.55 Å². The van der Waals surface area contributed by atoms with Gasteiger partial charge in [-0.2, -0.15) is 0 Å². The van der Waals surface area contributed by atoms with Gasteiger partial charge in [0.05, 0.1) is 31.9 Å². The number of aromatic nitrogens is 2. The minimum absolute atomic E-state index is 0.108. The van der Waals surface area contributed by atoms with E-state index < -0.39 is 10.2 Å². The number of carbonyl (C=O) groups is 1. The van der Waals surface area contributed by atoms with Gasteiger partial charge in [-0.15, -0.1) is 0 Å². The molecule has 32 heavy (non-hydrogen) atoms. The third kappa shape index (κ3) is 4.46. The molecule has 0 spiro atoms. The van der Waals surface area contributed by atoms with Crippen LogP contribution in [0.25, 0.3) is 16.7 Å². The molecule has 9 heteroatoms. The van der Waals surface area contributed by atoms with E-state index in [1.807, 2.05) is 60.0 Å². The summed E-state index contributed by atoms with van der Waals surface area (Å²) in [7, 11) is 0. The molecular formula is C23H19ClN4O3S. The SMILES string of the molecule is Cc1ccc(-n2c(SC(C)C(=O)Nc3ccc([N+](=O)[O-])cc3Cl)nc3ccccc32)cc1. The molecule has 0 saturated heterocycles. The van der Waals surface area contributed by atoms with Crippen molar-refractivity contribution < 1.29 is 9.72 Å². The molecule has 1 atom stereocenters. The molecule has 1 N–H and O–H groups in total. The number of nitro benzene ring substituents is 1. The van der Waals surface area contributed by atoms with E-state index in [1.165, 1.54) is 30.0 Å². The van der Waals surface area contributed by atoms with Crippen molar-refractivity contribution in [3.63, 3.8) is 0 Å². The van der Waals surface area contributed by atoms with Crippen molar-refractivity contribution in [3.8, 4) is 5.69 Å². The monoisotopic (exact) mass is 466 g/mol. The second kappa shape index (κ2) is 9.02. The van der Waals surface area contributed by atoms with Crippen LogP contribution in [0.5, 0.6) is 0 Å². The first-order valence-electron chi connectivity index (χ1n) is 9.79. The molecule has 1 heterocycles. The average molecular weight is 467 g/mol.